The predicted octanol–water partition coefficient (Wildman–Crippen LogP) is 3.79. The Labute approximate surface area is 199 Å². The largest absolute Gasteiger partial charge is 0.486 e. The van der Waals surface area contributed by atoms with Crippen molar-refractivity contribution in [3.05, 3.63) is 53.6 Å². The van der Waals surface area contributed by atoms with Crippen molar-refractivity contribution in [3.8, 4) is 11.5 Å². The molecule has 0 radical (unpaired) electrons. The van der Waals surface area contributed by atoms with Crippen molar-refractivity contribution in [2.45, 2.75) is 32.6 Å². The van der Waals surface area contributed by atoms with Gasteiger partial charge in [0.2, 0.25) is 5.91 Å². The molecule has 2 aliphatic rings. The summed E-state index contributed by atoms with van der Waals surface area (Å²) >= 11 is 0. The molecule has 2 N–H and O–H groups in total. The first-order valence-electron chi connectivity index (χ1n) is 11.8. The second-order valence-electron chi connectivity index (χ2n) is 8.83. The Bertz CT molecular complexity index is 1040. The van der Waals surface area contributed by atoms with Crippen LogP contribution in [0.5, 0.6) is 11.5 Å². The van der Waals surface area contributed by atoms with Crippen molar-refractivity contribution in [1.29, 1.82) is 0 Å². The van der Waals surface area contributed by atoms with Crippen LogP contribution in [0.15, 0.2) is 42.5 Å². The Hall–Kier alpha value is -3.55. The molecule has 2 aliphatic heterocycles. The normalized spacial score (nSPS) is 17.1. The fourth-order valence-corrected chi connectivity index (χ4v) is 4.25. The fourth-order valence-electron chi connectivity index (χ4n) is 4.25. The Morgan fingerprint density at radius 1 is 1.00 bits per heavy atom. The standard InChI is InChI=1S/C26H31N3O5/c1-18-4-7-21(8-5-18)28-26(32)27-16-19-3-2-12-29(17-19)25(31)11-9-22(30)20-6-10-23-24(15-20)34-14-13-33-23/h4-8,10,15,19H,2-3,9,11-14,16-17H2,1H3,(H2,27,28,32)/t19-/m1/s1. The Balaban J connectivity index is 1.21. The maximum absolute atomic E-state index is 12.7. The van der Waals surface area contributed by atoms with Crippen LogP contribution in [0.3, 0.4) is 0 Å². The van der Waals surface area contributed by atoms with Crippen molar-refractivity contribution in [2.24, 2.45) is 5.92 Å². The van der Waals surface area contributed by atoms with Gasteiger partial charge in [-0.25, -0.2) is 4.79 Å². The van der Waals surface area contributed by atoms with Gasteiger partial charge in [0.15, 0.2) is 17.3 Å². The summed E-state index contributed by atoms with van der Waals surface area (Å²) in [6.45, 7) is 4.72. The summed E-state index contributed by atoms with van der Waals surface area (Å²) < 4.78 is 11.0. The highest BCUT2D eigenvalue weighted by molar-refractivity contribution is 5.98. The molecule has 8 nitrogen and oxygen atoms in total. The lowest BCUT2D eigenvalue weighted by Gasteiger charge is -2.33. The van der Waals surface area contributed by atoms with Crippen molar-refractivity contribution in [1.82, 2.24) is 10.2 Å². The maximum Gasteiger partial charge on any atom is 0.319 e. The van der Waals surface area contributed by atoms with E-state index in [0.29, 0.717) is 49.9 Å². The van der Waals surface area contributed by atoms with Gasteiger partial charge in [-0.05, 0) is 56.0 Å². The van der Waals surface area contributed by atoms with E-state index < -0.39 is 0 Å². The predicted molar refractivity (Wildman–Crippen MR) is 129 cm³/mol. The molecule has 0 bridgehead atoms. The molecule has 1 saturated heterocycles. The van der Waals surface area contributed by atoms with Gasteiger partial charge in [-0.2, -0.15) is 0 Å². The number of hydrogen-bond donors (Lipinski definition) is 2. The second kappa shape index (κ2) is 11.0. The maximum atomic E-state index is 12.7. The van der Waals surface area contributed by atoms with E-state index in [9.17, 15) is 14.4 Å². The number of Topliss-reactive ketones (excluding diaryl/α,β-unsaturated/α-hetero) is 1. The van der Waals surface area contributed by atoms with Crippen LogP contribution >= 0.6 is 0 Å². The molecule has 2 aromatic rings. The molecule has 0 spiro atoms. The molecule has 34 heavy (non-hydrogen) atoms. The number of piperidine rings is 1. The molecule has 8 heteroatoms. The Morgan fingerprint density at radius 2 is 1.76 bits per heavy atom. The summed E-state index contributed by atoms with van der Waals surface area (Å²) in [5.41, 5.74) is 2.40. The van der Waals surface area contributed by atoms with Gasteiger partial charge in [0.1, 0.15) is 13.2 Å². The average molecular weight is 466 g/mol. The van der Waals surface area contributed by atoms with Gasteiger partial charge >= 0.3 is 6.03 Å². The number of urea groups is 1. The summed E-state index contributed by atoms with van der Waals surface area (Å²) in [6, 6.07) is 12.5. The zero-order valence-corrected chi connectivity index (χ0v) is 19.5. The number of ether oxygens (including phenoxy) is 2. The highest BCUT2D eigenvalue weighted by Gasteiger charge is 2.25. The number of amides is 3. The first-order valence-corrected chi connectivity index (χ1v) is 11.8. The number of anilines is 1. The van der Waals surface area contributed by atoms with E-state index in [1.54, 1.807) is 18.2 Å². The second-order valence-corrected chi connectivity index (χ2v) is 8.83. The van der Waals surface area contributed by atoms with E-state index in [1.807, 2.05) is 36.1 Å². The summed E-state index contributed by atoms with van der Waals surface area (Å²) in [7, 11) is 0. The van der Waals surface area contributed by atoms with Crippen LogP contribution in [0.1, 0.15) is 41.6 Å². The summed E-state index contributed by atoms with van der Waals surface area (Å²) in [4.78, 5) is 39.4. The van der Waals surface area contributed by atoms with E-state index in [4.69, 9.17) is 9.47 Å². The third-order valence-corrected chi connectivity index (χ3v) is 6.16. The minimum absolute atomic E-state index is 0.0281. The van der Waals surface area contributed by atoms with Crippen molar-refractivity contribution < 1.29 is 23.9 Å². The number of fused-ring (bicyclic) bond motifs is 1. The summed E-state index contributed by atoms with van der Waals surface area (Å²) in [5, 5.41) is 5.73. The molecule has 180 valence electrons. The van der Waals surface area contributed by atoms with E-state index in [-0.39, 0.29) is 36.5 Å². The molecule has 0 aliphatic carbocycles. The van der Waals surface area contributed by atoms with Crippen LogP contribution in [0.4, 0.5) is 10.5 Å². The number of aryl methyl sites for hydroxylation is 1. The topological polar surface area (TPSA) is 97.0 Å². The number of rotatable bonds is 7. The van der Waals surface area contributed by atoms with Gasteiger partial charge in [0.25, 0.3) is 0 Å². The lowest BCUT2D eigenvalue weighted by atomic mass is 9.97. The fraction of sp³-hybridized carbons (Fsp3) is 0.423. The lowest BCUT2D eigenvalue weighted by Crippen LogP contribution is -2.44. The molecular weight excluding hydrogens is 434 g/mol. The molecule has 3 amide bonds. The number of carbonyl (C=O) groups excluding carboxylic acids is 3. The molecule has 4 rings (SSSR count). The molecule has 0 unspecified atom stereocenters. The van der Waals surface area contributed by atoms with Crippen LogP contribution < -0.4 is 20.1 Å². The Kier molecular flexibility index (Phi) is 7.67. The van der Waals surface area contributed by atoms with Gasteiger partial charge < -0.3 is 25.0 Å². The van der Waals surface area contributed by atoms with Gasteiger partial charge in [-0.15, -0.1) is 0 Å². The molecule has 1 fully saturated rings. The highest BCUT2D eigenvalue weighted by Crippen LogP contribution is 2.31. The van der Waals surface area contributed by atoms with Crippen LogP contribution in [0.25, 0.3) is 0 Å². The zero-order chi connectivity index (χ0) is 23.9. The van der Waals surface area contributed by atoms with Crippen molar-refractivity contribution in [3.63, 3.8) is 0 Å². The third kappa shape index (κ3) is 6.27. The van der Waals surface area contributed by atoms with Crippen molar-refractivity contribution in [2.75, 3.05) is 38.2 Å². The molecule has 2 aromatic carbocycles. The summed E-state index contributed by atoms with van der Waals surface area (Å²) in [5.74, 6) is 1.28. The van der Waals surface area contributed by atoms with E-state index in [2.05, 4.69) is 10.6 Å². The molecular formula is C26H31N3O5. The van der Waals surface area contributed by atoms with Crippen LogP contribution in [-0.2, 0) is 4.79 Å². The lowest BCUT2D eigenvalue weighted by molar-refractivity contribution is -0.132. The van der Waals surface area contributed by atoms with Gasteiger partial charge in [-0.3, -0.25) is 9.59 Å². The van der Waals surface area contributed by atoms with Crippen molar-refractivity contribution >= 4 is 23.4 Å². The molecule has 0 aromatic heterocycles. The quantitative estimate of drug-likeness (QED) is 0.607. The van der Waals surface area contributed by atoms with Gasteiger partial charge in [-0.1, -0.05) is 17.7 Å². The number of benzene rings is 2. The molecule has 1 atom stereocenters. The van der Waals surface area contributed by atoms with Gasteiger partial charge in [0.05, 0.1) is 0 Å². The number of hydrogen-bond acceptors (Lipinski definition) is 5. The zero-order valence-electron chi connectivity index (χ0n) is 19.5. The minimum Gasteiger partial charge on any atom is -0.486 e. The monoisotopic (exact) mass is 465 g/mol. The minimum atomic E-state index is -0.252. The number of likely N-dealkylation sites (tertiary alicyclic amines) is 1. The van der Waals surface area contributed by atoms with Crippen LogP contribution in [0.2, 0.25) is 0 Å². The first-order chi connectivity index (χ1) is 16.5. The smallest absolute Gasteiger partial charge is 0.319 e. The average Bonchev–Trinajstić information content (AvgIpc) is 2.87. The first kappa shape index (κ1) is 23.6. The number of nitrogens with one attached hydrogen (secondary N) is 2. The number of ketones is 1. The molecule has 2 heterocycles. The van der Waals surface area contributed by atoms with Gasteiger partial charge in [0, 0.05) is 43.7 Å². The number of nitrogens with zero attached hydrogens (tertiary/aromatic N) is 1. The van der Waals surface area contributed by atoms with E-state index in [0.717, 1.165) is 24.1 Å². The van der Waals surface area contributed by atoms with Crippen LogP contribution in [0, 0.1) is 12.8 Å². The van der Waals surface area contributed by atoms with Crippen LogP contribution in [-0.4, -0.2) is 55.5 Å². The SMILES string of the molecule is Cc1ccc(NC(=O)NC[C@H]2CCCN(C(=O)CCC(=O)c3ccc4c(c3)OCCO4)C2)cc1. The molecule has 0 saturated carbocycles. The third-order valence-electron chi connectivity index (χ3n) is 6.16. The highest BCUT2D eigenvalue weighted by atomic mass is 16.6. The number of carbonyl (C=O) groups is 3. The van der Waals surface area contributed by atoms with E-state index >= 15 is 0 Å². The Morgan fingerprint density at radius 3 is 2.56 bits per heavy atom. The summed E-state index contributed by atoms with van der Waals surface area (Å²) in [6.07, 6.45) is 2.15. The van der Waals surface area contributed by atoms with E-state index in [1.165, 1.54) is 0 Å².